The summed E-state index contributed by atoms with van der Waals surface area (Å²) in [6, 6.07) is 12.3. The summed E-state index contributed by atoms with van der Waals surface area (Å²) in [7, 11) is 0. The van der Waals surface area contributed by atoms with E-state index in [1.165, 1.54) is 0 Å². The number of amides is 2. The van der Waals surface area contributed by atoms with Crippen LogP contribution in [0.4, 0.5) is 5.69 Å². The maximum atomic E-state index is 12.2. The number of rotatable bonds is 7. The second-order valence-corrected chi connectivity index (χ2v) is 6.70. The van der Waals surface area contributed by atoms with Crippen LogP contribution in [-0.2, 0) is 14.3 Å². The molecule has 3 rings (SSSR count). The number of aromatic nitrogens is 2. The molecule has 0 aliphatic heterocycles. The second kappa shape index (κ2) is 9.20. The lowest BCUT2D eigenvalue weighted by Gasteiger charge is -2.08. The van der Waals surface area contributed by atoms with Crippen LogP contribution in [0.15, 0.2) is 42.5 Å². The van der Waals surface area contributed by atoms with E-state index in [9.17, 15) is 14.4 Å². The molecule has 0 saturated carbocycles. The molecule has 0 saturated heterocycles. The Balaban J connectivity index is 1.40. The molecule has 29 heavy (non-hydrogen) atoms. The monoisotopic (exact) mass is 414 g/mol. The lowest BCUT2D eigenvalue weighted by Crippen LogP contribution is -2.28. The van der Waals surface area contributed by atoms with Crippen molar-refractivity contribution >= 4 is 46.0 Å². The van der Waals surface area contributed by atoms with Crippen LogP contribution >= 0.6 is 11.6 Å². The van der Waals surface area contributed by atoms with Crippen molar-refractivity contribution in [3.63, 3.8) is 0 Å². The SMILES string of the molecule is Cc1ccc(NC(=O)COC(=O)CCNC(=O)c2n[nH]c3ccccc23)cc1Cl. The molecule has 0 unspecified atom stereocenters. The zero-order valence-corrected chi connectivity index (χ0v) is 16.4. The van der Waals surface area contributed by atoms with Gasteiger partial charge in [0, 0.05) is 22.6 Å². The summed E-state index contributed by atoms with van der Waals surface area (Å²) in [5.74, 6) is -1.48. The number of halogens is 1. The Morgan fingerprint density at radius 2 is 1.97 bits per heavy atom. The predicted molar refractivity (Wildman–Crippen MR) is 109 cm³/mol. The third kappa shape index (κ3) is 5.32. The predicted octanol–water partition coefficient (Wildman–Crippen LogP) is 2.83. The first-order valence-electron chi connectivity index (χ1n) is 8.87. The Morgan fingerprint density at radius 1 is 1.17 bits per heavy atom. The fraction of sp³-hybridized carbons (Fsp3) is 0.200. The van der Waals surface area contributed by atoms with Crippen molar-refractivity contribution in [3.05, 3.63) is 58.7 Å². The van der Waals surface area contributed by atoms with Crippen molar-refractivity contribution in [1.29, 1.82) is 0 Å². The summed E-state index contributed by atoms with van der Waals surface area (Å²) in [6.45, 7) is 1.49. The van der Waals surface area contributed by atoms with Crippen LogP contribution in [-0.4, -0.2) is 41.1 Å². The highest BCUT2D eigenvalue weighted by Crippen LogP contribution is 2.19. The minimum atomic E-state index is -0.603. The smallest absolute Gasteiger partial charge is 0.308 e. The molecule has 2 amide bonds. The maximum absolute atomic E-state index is 12.2. The van der Waals surface area contributed by atoms with Crippen LogP contribution in [0.1, 0.15) is 22.5 Å². The van der Waals surface area contributed by atoms with Crippen molar-refractivity contribution in [2.45, 2.75) is 13.3 Å². The van der Waals surface area contributed by atoms with E-state index >= 15 is 0 Å². The van der Waals surface area contributed by atoms with Gasteiger partial charge in [-0.25, -0.2) is 0 Å². The fourth-order valence-corrected chi connectivity index (χ4v) is 2.76. The third-order valence-corrected chi connectivity index (χ3v) is 4.53. The molecule has 150 valence electrons. The summed E-state index contributed by atoms with van der Waals surface area (Å²) in [6.07, 6.45) is -0.0717. The number of carbonyl (C=O) groups is 3. The number of benzene rings is 2. The number of hydrogen-bond donors (Lipinski definition) is 3. The molecular formula is C20H19ClN4O4. The van der Waals surface area contributed by atoms with Gasteiger partial charge in [-0.05, 0) is 30.7 Å². The van der Waals surface area contributed by atoms with Gasteiger partial charge in [0.1, 0.15) is 0 Å². The molecule has 0 bridgehead atoms. The lowest BCUT2D eigenvalue weighted by atomic mass is 10.2. The quantitative estimate of drug-likeness (QED) is 0.514. The molecule has 0 atom stereocenters. The topological polar surface area (TPSA) is 113 Å². The maximum Gasteiger partial charge on any atom is 0.308 e. The molecule has 0 fully saturated rings. The Bertz CT molecular complexity index is 1060. The van der Waals surface area contributed by atoms with E-state index in [1.807, 2.05) is 25.1 Å². The minimum Gasteiger partial charge on any atom is -0.456 e. The fourth-order valence-electron chi connectivity index (χ4n) is 2.58. The van der Waals surface area contributed by atoms with Crippen molar-refractivity contribution in [2.75, 3.05) is 18.5 Å². The Morgan fingerprint density at radius 3 is 2.76 bits per heavy atom. The molecular weight excluding hydrogens is 396 g/mol. The van der Waals surface area contributed by atoms with Crippen molar-refractivity contribution in [3.8, 4) is 0 Å². The average molecular weight is 415 g/mol. The van der Waals surface area contributed by atoms with Gasteiger partial charge in [-0.15, -0.1) is 0 Å². The zero-order chi connectivity index (χ0) is 20.8. The second-order valence-electron chi connectivity index (χ2n) is 6.30. The molecule has 0 radical (unpaired) electrons. The lowest BCUT2D eigenvalue weighted by molar-refractivity contribution is -0.147. The van der Waals surface area contributed by atoms with Gasteiger partial charge in [-0.2, -0.15) is 5.10 Å². The number of H-pyrrole nitrogens is 1. The first-order chi connectivity index (χ1) is 13.9. The molecule has 9 heteroatoms. The third-order valence-electron chi connectivity index (χ3n) is 4.12. The van der Waals surface area contributed by atoms with Crippen LogP contribution in [0, 0.1) is 6.92 Å². The number of para-hydroxylation sites is 1. The summed E-state index contributed by atoms with van der Waals surface area (Å²) >= 11 is 6.00. The average Bonchev–Trinajstić information content (AvgIpc) is 3.13. The van der Waals surface area contributed by atoms with E-state index in [2.05, 4.69) is 20.8 Å². The number of fused-ring (bicyclic) bond motifs is 1. The highest BCUT2D eigenvalue weighted by atomic mass is 35.5. The molecule has 3 aromatic rings. The normalized spacial score (nSPS) is 10.6. The highest BCUT2D eigenvalue weighted by molar-refractivity contribution is 6.31. The van der Waals surface area contributed by atoms with Crippen molar-refractivity contribution < 1.29 is 19.1 Å². The number of carbonyl (C=O) groups excluding carboxylic acids is 3. The number of esters is 1. The molecule has 1 heterocycles. The number of nitrogens with one attached hydrogen (secondary N) is 3. The highest BCUT2D eigenvalue weighted by Gasteiger charge is 2.14. The van der Waals surface area contributed by atoms with Crippen LogP contribution in [0.5, 0.6) is 0 Å². The summed E-state index contributed by atoms with van der Waals surface area (Å²) in [4.78, 5) is 35.8. The summed E-state index contributed by atoms with van der Waals surface area (Å²) in [5.41, 5.74) is 2.41. The van der Waals surface area contributed by atoms with Crippen LogP contribution < -0.4 is 10.6 Å². The van der Waals surface area contributed by atoms with E-state index < -0.39 is 24.4 Å². The van der Waals surface area contributed by atoms with Gasteiger partial charge >= 0.3 is 5.97 Å². The van der Waals surface area contributed by atoms with Gasteiger partial charge in [0.2, 0.25) is 0 Å². The van der Waals surface area contributed by atoms with Crippen molar-refractivity contribution in [1.82, 2.24) is 15.5 Å². The zero-order valence-electron chi connectivity index (χ0n) is 15.6. The molecule has 0 aliphatic rings. The van der Waals surface area contributed by atoms with E-state index in [-0.39, 0.29) is 18.7 Å². The van der Waals surface area contributed by atoms with Gasteiger partial charge in [-0.3, -0.25) is 19.5 Å². The number of anilines is 1. The van der Waals surface area contributed by atoms with E-state index in [0.717, 1.165) is 11.1 Å². The van der Waals surface area contributed by atoms with Crippen LogP contribution in [0.25, 0.3) is 10.9 Å². The van der Waals surface area contributed by atoms with E-state index in [4.69, 9.17) is 16.3 Å². The standard InChI is InChI=1S/C20H19ClN4O4/c1-12-6-7-13(10-15(12)21)23-17(26)11-29-18(27)8-9-22-20(28)19-14-4-2-3-5-16(14)24-25-19/h2-7,10H,8-9,11H2,1H3,(H,22,28)(H,23,26)(H,24,25). The number of hydrogen-bond acceptors (Lipinski definition) is 5. The largest absolute Gasteiger partial charge is 0.456 e. The van der Waals surface area contributed by atoms with E-state index in [0.29, 0.717) is 16.1 Å². The van der Waals surface area contributed by atoms with Gasteiger partial charge in [0.25, 0.3) is 11.8 Å². The molecule has 0 spiro atoms. The Labute approximate surface area is 171 Å². The molecule has 8 nitrogen and oxygen atoms in total. The number of aryl methyl sites for hydroxylation is 1. The number of nitrogens with zero attached hydrogens (tertiary/aromatic N) is 1. The minimum absolute atomic E-state index is 0.0635. The molecule has 1 aromatic heterocycles. The van der Waals surface area contributed by atoms with Gasteiger partial charge in [-0.1, -0.05) is 35.9 Å². The molecule has 2 aromatic carbocycles. The summed E-state index contributed by atoms with van der Waals surface area (Å²) in [5, 5.41) is 13.2. The summed E-state index contributed by atoms with van der Waals surface area (Å²) < 4.78 is 4.92. The van der Waals surface area contributed by atoms with Gasteiger partial charge in [0.05, 0.1) is 11.9 Å². The Hall–Kier alpha value is -3.39. The Kier molecular flexibility index (Phi) is 6.46. The van der Waals surface area contributed by atoms with Gasteiger partial charge < -0.3 is 15.4 Å². The first-order valence-corrected chi connectivity index (χ1v) is 9.25. The number of ether oxygens (including phenoxy) is 1. The van der Waals surface area contributed by atoms with E-state index in [1.54, 1.807) is 24.3 Å². The molecule has 0 aliphatic carbocycles. The molecule has 3 N–H and O–H groups in total. The number of aromatic amines is 1. The van der Waals surface area contributed by atoms with Crippen LogP contribution in [0.2, 0.25) is 5.02 Å². The van der Waals surface area contributed by atoms with Crippen molar-refractivity contribution in [2.24, 2.45) is 0 Å². The van der Waals surface area contributed by atoms with Crippen LogP contribution in [0.3, 0.4) is 0 Å². The van der Waals surface area contributed by atoms with Gasteiger partial charge in [0.15, 0.2) is 12.3 Å². The first kappa shape index (κ1) is 20.3.